The van der Waals surface area contributed by atoms with Crippen LogP contribution in [0.5, 0.6) is 17.2 Å². The molecule has 2 atom stereocenters. The molecule has 1 saturated heterocycles. The Hall–Kier alpha value is -4.35. The predicted molar refractivity (Wildman–Crippen MR) is 174 cm³/mol. The van der Waals surface area contributed by atoms with Crippen LogP contribution >= 0.6 is 23.1 Å². The van der Waals surface area contributed by atoms with Gasteiger partial charge in [-0.15, -0.1) is 10.2 Å². The molecule has 3 heterocycles. The number of thioether (sulfide) groups is 1. The highest BCUT2D eigenvalue weighted by molar-refractivity contribution is 8.00. The number of ether oxygens (including phenoxy) is 3. The minimum Gasteiger partial charge on any atom is -0.507 e. The number of benzene rings is 3. The minimum atomic E-state index is -0.980. The van der Waals surface area contributed by atoms with Crippen molar-refractivity contribution in [3.63, 3.8) is 0 Å². The first kappa shape index (κ1) is 30.7. The van der Waals surface area contributed by atoms with E-state index < -0.39 is 17.7 Å². The molecule has 0 aliphatic carbocycles. The van der Waals surface area contributed by atoms with Gasteiger partial charge in [0, 0.05) is 17.7 Å². The zero-order valence-electron chi connectivity index (χ0n) is 25.4. The van der Waals surface area contributed by atoms with E-state index in [9.17, 15) is 14.7 Å². The molecule has 4 aromatic rings. The number of fused-ring (bicyclic) bond motifs is 1. The van der Waals surface area contributed by atoms with Crippen LogP contribution in [0.4, 0.5) is 5.13 Å². The lowest BCUT2D eigenvalue weighted by atomic mass is 9.94. The largest absolute Gasteiger partial charge is 0.507 e. The number of Topliss-reactive ketones (excluding diaryl/α,β-unsaturated/α-hetero) is 1. The summed E-state index contributed by atoms with van der Waals surface area (Å²) < 4.78 is 18.1. The molecule has 2 aliphatic rings. The van der Waals surface area contributed by atoms with Gasteiger partial charge in [0.25, 0.3) is 5.78 Å². The Bertz CT molecular complexity index is 1780. The van der Waals surface area contributed by atoms with Crippen LogP contribution < -0.4 is 19.1 Å². The van der Waals surface area contributed by atoms with Crippen molar-refractivity contribution in [2.75, 3.05) is 18.1 Å². The van der Waals surface area contributed by atoms with E-state index in [0.717, 1.165) is 16.9 Å². The second kappa shape index (κ2) is 12.9. The van der Waals surface area contributed by atoms with Crippen LogP contribution in [0.15, 0.2) is 70.6 Å². The number of anilines is 1. The molecule has 0 radical (unpaired) electrons. The van der Waals surface area contributed by atoms with Crippen molar-refractivity contribution in [2.24, 2.45) is 0 Å². The number of aliphatic hydroxyl groups is 1. The number of hydrogen-bond acceptors (Lipinski definition) is 10. The van der Waals surface area contributed by atoms with Gasteiger partial charge >= 0.3 is 5.91 Å². The number of aromatic nitrogens is 2. The lowest BCUT2D eigenvalue weighted by Crippen LogP contribution is -2.29. The lowest BCUT2D eigenvalue weighted by molar-refractivity contribution is -0.132. The summed E-state index contributed by atoms with van der Waals surface area (Å²) in [7, 11) is 0. The van der Waals surface area contributed by atoms with Gasteiger partial charge in [-0.1, -0.05) is 59.0 Å². The van der Waals surface area contributed by atoms with Gasteiger partial charge in [0.1, 0.15) is 17.6 Å². The van der Waals surface area contributed by atoms with Gasteiger partial charge in [0.05, 0.1) is 24.8 Å². The third-order valence-corrected chi connectivity index (χ3v) is 9.71. The van der Waals surface area contributed by atoms with E-state index in [1.165, 1.54) is 33.6 Å². The van der Waals surface area contributed by atoms with Crippen molar-refractivity contribution in [3.05, 3.63) is 94.1 Å². The summed E-state index contributed by atoms with van der Waals surface area (Å²) in [4.78, 5) is 28.8. The highest BCUT2D eigenvalue weighted by atomic mass is 32.2. The summed E-state index contributed by atoms with van der Waals surface area (Å²) in [5.41, 5.74) is 4.19. The maximum Gasteiger partial charge on any atom is 0.301 e. The molecule has 1 N–H and O–H groups in total. The Balaban J connectivity index is 1.42. The Morgan fingerprint density at radius 2 is 1.78 bits per heavy atom. The van der Waals surface area contributed by atoms with Crippen LogP contribution in [0.2, 0.25) is 0 Å². The number of nitrogens with zero attached hydrogens (tertiary/aromatic N) is 3. The molecule has 1 fully saturated rings. The average Bonchev–Trinajstić information content (AvgIpc) is 3.72. The van der Waals surface area contributed by atoms with E-state index in [4.69, 9.17) is 14.2 Å². The fourth-order valence-electron chi connectivity index (χ4n) is 5.50. The van der Waals surface area contributed by atoms with E-state index in [1.54, 1.807) is 30.3 Å². The Kier molecular flexibility index (Phi) is 8.82. The van der Waals surface area contributed by atoms with E-state index in [-0.39, 0.29) is 22.6 Å². The maximum absolute atomic E-state index is 13.8. The van der Waals surface area contributed by atoms with Crippen molar-refractivity contribution in [1.29, 1.82) is 0 Å². The smallest absolute Gasteiger partial charge is 0.301 e. The molecule has 0 bridgehead atoms. The average molecular weight is 644 g/mol. The first-order valence-corrected chi connectivity index (χ1v) is 16.6. The molecule has 9 nitrogen and oxygen atoms in total. The van der Waals surface area contributed by atoms with Gasteiger partial charge in [-0.3, -0.25) is 14.5 Å². The molecule has 0 unspecified atom stereocenters. The SMILES string of the molecule is CCOc1ccc([C@@H]2/C(=C(\O)c3ccc4c(c3)C[C@H](C)O4)C(=O)C(=O)N2c2nnc(SCc3ccc(C)cc3)s2)cc1OCC. The highest BCUT2D eigenvalue weighted by Crippen LogP contribution is 2.46. The van der Waals surface area contributed by atoms with Gasteiger partial charge in [-0.25, -0.2) is 0 Å². The fraction of sp³-hybridized carbons (Fsp3) is 0.294. The van der Waals surface area contributed by atoms with E-state index >= 15 is 0 Å². The normalized spacial score (nSPS) is 18.6. The van der Waals surface area contributed by atoms with Crippen molar-refractivity contribution in [3.8, 4) is 17.2 Å². The second-order valence-electron chi connectivity index (χ2n) is 10.8. The second-order valence-corrected chi connectivity index (χ2v) is 13.0. The van der Waals surface area contributed by atoms with Gasteiger partial charge in [-0.05, 0) is 74.7 Å². The molecular formula is C34H33N3O6S2. The monoisotopic (exact) mass is 643 g/mol. The van der Waals surface area contributed by atoms with Gasteiger partial charge in [-0.2, -0.15) is 0 Å². The maximum atomic E-state index is 13.8. The standard InChI is InChI=1S/C34H33N3O6S2/c1-5-41-26-14-11-22(17-27(26)42-6-2)29-28(30(38)23-12-13-25-24(16-23)15-20(4)43-25)31(39)32(40)37(29)33-35-36-34(45-33)44-18-21-9-7-19(3)8-10-21/h7-14,16-17,20,29,38H,5-6,15,18H2,1-4H3/b30-28+/t20-,29+/m0/s1. The lowest BCUT2D eigenvalue weighted by Gasteiger charge is -2.23. The number of rotatable bonds is 10. The quantitative estimate of drug-likeness (QED) is 0.0650. The van der Waals surface area contributed by atoms with Crippen LogP contribution in [0.1, 0.15) is 54.6 Å². The number of ketones is 1. The van der Waals surface area contributed by atoms with Crippen molar-refractivity contribution in [1.82, 2.24) is 10.2 Å². The zero-order valence-corrected chi connectivity index (χ0v) is 27.0. The first-order chi connectivity index (χ1) is 21.8. The van der Waals surface area contributed by atoms with Gasteiger partial charge in [0.2, 0.25) is 5.13 Å². The minimum absolute atomic E-state index is 0.0132. The fourth-order valence-corrected chi connectivity index (χ4v) is 7.32. The molecule has 1 aromatic heterocycles. The number of aryl methyl sites for hydroxylation is 1. The van der Waals surface area contributed by atoms with E-state index in [0.29, 0.717) is 52.4 Å². The summed E-state index contributed by atoms with van der Waals surface area (Å²) in [6, 6.07) is 17.8. The van der Waals surface area contributed by atoms with Crippen LogP contribution in [-0.2, 0) is 21.8 Å². The molecule has 3 aromatic carbocycles. The topological polar surface area (TPSA) is 111 Å². The third kappa shape index (κ3) is 6.14. The molecule has 0 spiro atoms. The molecule has 11 heteroatoms. The molecule has 6 rings (SSSR count). The van der Waals surface area contributed by atoms with Crippen LogP contribution in [-0.4, -0.2) is 46.3 Å². The van der Waals surface area contributed by atoms with Crippen molar-refractivity contribution >= 4 is 45.7 Å². The van der Waals surface area contributed by atoms with Crippen LogP contribution in [0.25, 0.3) is 5.76 Å². The number of carbonyl (C=O) groups is 2. The molecular weight excluding hydrogens is 611 g/mol. The predicted octanol–water partition coefficient (Wildman–Crippen LogP) is 6.89. The Morgan fingerprint density at radius 1 is 1.02 bits per heavy atom. The molecule has 0 saturated carbocycles. The molecule has 45 heavy (non-hydrogen) atoms. The first-order valence-electron chi connectivity index (χ1n) is 14.8. The summed E-state index contributed by atoms with van der Waals surface area (Å²) in [6.45, 7) is 8.58. The summed E-state index contributed by atoms with van der Waals surface area (Å²) in [6.07, 6.45) is 0.692. The summed E-state index contributed by atoms with van der Waals surface area (Å²) in [5, 5.41) is 20.6. The van der Waals surface area contributed by atoms with E-state index in [1.807, 2.05) is 33.8 Å². The molecule has 232 valence electrons. The number of aliphatic hydroxyl groups excluding tert-OH is 1. The summed E-state index contributed by atoms with van der Waals surface area (Å²) >= 11 is 2.73. The molecule has 2 aliphatic heterocycles. The van der Waals surface area contributed by atoms with E-state index in [2.05, 4.69) is 34.5 Å². The Labute approximate surface area is 269 Å². The number of carbonyl (C=O) groups excluding carboxylic acids is 2. The van der Waals surface area contributed by atoms with Gasteiger partial charge in [0.15, 0.2) is 15.8 Å². The molecule has 1 amide bonds. The van der Waals surface area contributed by atoms with Crippen molar-refractivity contribution < 1.29 is 28.9 Å². The third-order valence-electron chi connectivity index (χ3n) is 7.58. The number of hydrogen-bond donors (Lipinski definition) is 1. The number of amides is 1. The van der Waals surface area contributed by atoms with Crippen LogP contribution in [0.3, 0.4) is 0 Å². The Morgan fingerprint density at radius 3 is 2.53 bits per heavy atom. The summed E-state index contributed by atoms with van der Waals surface area (Å²) in [5.74, 6) is 0.559. The van der Waals surface area contributed by atoms with Crippen LogP contribution in [0, 0.1) is 6.92 Å². The zero-order chi connectivity index (χ0) is 31.7. The van der Waals surface area contributed by atoms with Crippen molar-refractivity contribution in [2.45, 2.75) is 56.4 Å². The highest BCUT2D eigenvalue weighted by Gasteiger charge is 2.48. The van der Waals surface area contributed by atoms with Gasteiger partial charge < -0.3 is 19.3 Å².